The first kappa shape index (κ1) is 12.4. The van der Waals surface area contributed by atoms with Crippen LogP contribution in [0.2, 0.25) is 0 Å². The van der Waals surface area contributed by atoms with Crippen molar-refractivity contribution in [3.05, 3.63) is 22.7 Å². The summed E-state index contributed by atoms with van der Waals surface area (Å²) in [4.78, 5) is 18.5. The second-order valence-electron chi connectivity index (χ2n) is 4.36. The third kappa shape index (κ3) is 2.80. The average Bonchev–Trinajstić information content (AvgIpc) is 3.14. The van der Waals surface area contributed by atoms with Crippen LogP contribution in [0.4, 0.5) is 5.82 Å². The Balaban J connectivity index is 2.29. The van der Waals surface area contributed by atoms with Crippen LogP contribution in [-0.4, -0.2) is 28.0 Å². The number of halogens is 1. The van der Waals surface area contributed by atoms with Gasteiger partial charge in [0, 0.05) is 37.4 Å². The molecule has 2 rings (SSSR count). The van der Waals surface area contributed by atoms with Gasteiger partial charge < -0.3 is 9.47 Å². The fraction of sp³-hybridized carbons (Fsp3) is 0.667. The van der Waals surface area contributed by atoms with E-state index in [1.54, 1.807) is 17.0 Å². The molecule has 5 heteroatoms. The number of hydrogen-bond acceptors (Lipinski definition) is 3. The molecule has 0 unspecified atom stereocenters. The Hall–Kier alpha value is -1.03. The van der Waals surface area contributed by atoms with Crippen LogP contribution in [0.25, 0.3) is 0 Å². The second kappa shape index (κ2) is 5.54. The van der Waals surface area contributed by atoms with Crippen LogP contribution in [0.3, 0.4) is 0 Å². The van der Waals surface area contributed by atoms with E-state index in [4.69, 9.17) is 11.6 Å². The first-order valence-corrected chi connectivity index (χ1v) is 6.69. The number of nitrogens with zero attached hydrogens (tertiary/aromatic N) is 3. The highest BCUT2D eigenvalue weighted by Crippen LogP contribution is 2.28. The fourth-order valence-corrected chi connectivity index (χ4v) is 2.17. The molecular formula is C12H18ClN3O. The normalized spacial score (nSPS) is 14.9. The summed E-state index contributed by atoms with van der Waals surface area (Å²) in [5.74, 6) is 1.09. The molecule has 0 aliphatic heterocycles. The Morgan fingerprint density at radius 3 is 2.94 bits per heavy atom. The number of anilines is 1. The molecule has 1 aromatic rings. The van der Waals surface area contributed by atoms with Crippen LogP contribution in [0.5, 0.6) is 0 Å². The summed E-state index contributed by atoms with van der Waals surface area (Å²) in [7, 11) is 0. The summed E-state index contributed by atoms with van der Waals surface area (Å²) in [6.07, 6.45) is 6.68. The van der Waals surface area contributed by atoms with Gasteiger partial charge in [0.1, 0.15) is 0 Å². The van der Waals surface area contributed by atoms with Crippen molar-refractivity contribution in [2.75, 3.05) is 17.3 Å². The van der Waals surface area contributed by atoms with E-state index in [2.05, 4.69) is 16.8 Å². The first-order chi connectivity index (χ1) is 8.27. The maximum atomic E-state index is 12.2. The Kier molecular flexibility index (Phi) is 4.05. The topological polar surface area (TPSA) is 38.1 Å². The number of aryl methyl sites for hydroxylation is 1. The molecule has 1 aliphatic carbocycles. The molecule has 1 aromatic heterocycles. The molecule has 4 nitrogen and oxygen atoms in total. The van der Waals surface area contributed by atoms with E-state index < -0.39 is 0 Å². The molecular weight excluding hydrogens is 238 g/mol. The summed E-state index contributed by atoms with van der Waals surface area (Å²) in [5.41, 5.74) is 0.00590. The van der Waals surface area contributed by atoms with Crippen molar-refractivity contribution in [2.45, 2.75) is 38.8 Å². The van der Waals surface area contributed by atoms with Crippen LogP contribution in [0.15, 0.2) is 17.2 Å². The van der Waals surface area contributed by atoms with Gasteiger partial charge in [0.2, 0.25) is 0 Å². The predicted octanol–water partition coefficient (Wildman–Crippen LogP) is 1.86. The zero-order valence-electron chi connectivity index (χ0n) is 10.1. The largest absolute Gasteiger partial charge is 0.348 e. The Morgan fingerprint density at radius 1 is 1.59 bits per heavy atom. The van der Waals surface area contributed by atoms with Gasteiger partial charge in [0.25, 0.3) is 5.56 Å². The lowest BCUT2D eigenvalue weighted by molar-refractivity contribution is 0.641. The highest BCUT2D eigenvalue weighted by Gasteiger charge is 2.31. The molecule has 1 heterocycles. The molecule has 0 amide bonds. The maximum absolute atomic E-state index is 12.2. The molecule has 0 atom stereocenters. The van der Waals surface area contributed by atoms with E-state index in [0.717, 1.165) is 25.8 Å². The lowest BCUT2D eigenvalue weighted by Gasteiger charge is -2.22. The molecule has 0 saturated heterocycles. The van der Waals surface area contributed by atoms with Crippen LogP contribution in [-0.2, 0) is 6.54 Å². The van der Waals surface area contributed by atoms with Crippen LogP contribution >= 0.6 is 11.6 Å². The van der Waals surface area contributed by atoms with Crippen LogP contribution in [0, 0.1) is 0 Å². The van der Waals surface area contributed by atoms with Crippen LogP contribution in [0.1, 0.15) is 26.2 Å². The monoisotopic (exact) mass is 255 g/mol. The van der Waals surface area contributed by atoms with E-state index in [-0.39, 0.29) is 5.56 Å². The third-order valence-electron chi connectivity index (χ3n) is 2.95. The first-order valence-electron chi connectivity index (χ1n) is 6.16. The van der Waals surface area contributed by atoms with E-state index in [1.807, 2.05) is 0 Å². The smallest absolute Gasteiger partial charge is 0.293 e. The molecule has 0 spiro atoms. The van der Waals surface area contributed by atoms with Gasteiger partial charge in [-0.1, -0.05) is 6.92 Å². The van der Waals surface area contributed by atoms with Gasteiger partial charge in [-0.2, -0.15) is 0 Å². The summed E-state index contributed by atoms with van der Waals surface area (Å²) in [5, 5.41) is 0. The fourth-order valence-electron chi connectivity index (χ4n) is 1.99. The Labute approximate surface area is 106 Å². The molecule has 94 valence electrons. The summed E-state index contributed by atoms with van der Waals surface area (Å²) in [6, 6.07) is 0.464. The van der Waals surface area contributed by atoms with Gasteiger partial charge >= 0.3 is 0 Å². The number of rotatable bonds is 6. The quantitative estimate of drug-likeness (QED) is 0.729. The maximum Gasteiger partial charge on any atom is 0.293 e. The minimum atomic E-state index is 0.00590. The zero-order chi connectivity index (χ0) is 12.3. The zero-order valence-corrected chi connectivity index (χ0v) is 10.9. The van der Waals surface area contributed by atoms with E-state index in [1.165, 1.54) is 0 Å². The van der Waals surface area contributed by atoms with Gasteiger partial charge in [-0.25, -0.2) is 4.98 Å². The summed E-state index contributed by atoms with van der Waals surface area (Å²) in [6.45, 7) is 3.50. The molecule has 1 saturated carbocycles. The highest BCUT2D eigenvalue weighted by molar-refractivity contribution is 6.18. The van der Waals surface area contributed by atoms with Gasteiger partial charge in [0.05, 0.1) is 0 Å². The van der Waals surface area contributed by atoms with Crippen molar-refractivity contribution >= 4 is 17.4 Å². The standard InChI is InChI=1S/C12H18ClN3O/c1-2-7-15-9-6-14-11(12(15)17)16(8-5-13)10-3-4-10/h6,9-10H,2-5,7-8H2,1H3. The predicted molar refractivity (Wildman–Crippen MR) is 69.9 cm³/mol. The molecule has 1 aliphatic rings. The SMILES string of the molecule is CCCn1ccnc(N(CCCl)C2CC2)c1=O. The molecule has 1 fully saturated rings. The van der Waals surface area contributed by atoms with Crippen LogP contribution < -0.4 is 10.5 Å². The van der Waals surface area contributed by atoms with Gasteiger partial charge in [-0.05, 0) is 19.3 Å². The van der Waals surface area contributed by atoms with Gasteiger partial charge in [-0.3, -0.25) is 4.79 Å². The van der Waals surface area contributed by atoms with E-state index in [0.29, 0.717) is 24.3 Å². The summed E-state index contributed by atoms with van der Waals surface area (Å²) >= 11 is 5.79. The average molecular weight is 256 g/mol. The number of aromatic nitrogens is 2. The van der Waals surface area contributed by atoms with Crippen molar-refractivity contribution in [3.63, 3.8) is 0 Å². The van der Waals surface area contributed by atoms with Crippen molar-refractivity contribution in [3.8, 4) is 0 Å². The molecule has 17 heavy (non-hydrogen) atoms. The highest BCUT2D eigenvalue weighted by atomic mass is 35.5. The molecule has 0 aromatic carbocycles. The minimum Gasteiger partial charge on any atom is -0.348 e. The van der Waals surface area contributed by atoms with Crippen molar-refractivity contribution in [2.24, 2.45) is 0 Å². The summed E-state index contributed by atoms with van der Waals surface area (Å²) < 4.78 is 1.73. The van der Waals surface area contributed by atoms with Crippen molar-refractivity contribution < 1.29 is 0 Å². The second-order valence-corrected chi connectivity index (χ2v) is 4.74. The van der Waals surface area contributed by atoms with E-state index >= 15 is 0 Å². The lowest BCUT2D eigenvalue weighted by atomic mass is 10.4. The molecule has 0 N–H and O–H groups in total. The van der Waals surface area contributed by atoms with Crippen molar-refractivity contribution in [1.29, 1.82) is 0 Å². The third-order valence-corrected chi connectivity index (χ3v) is 3.11. The lowest BCUT2D eigenvalue weighted by Crippen LogP contribution is -2.36. The Morgan fingerprint density at radius 2 is 2.35 bits per heavy atom. The van der Waals surface area contributed by atoms with E-state index in [9.17, 15) is 4.79 Å². The van der Waals surface area contributed by atoms with Crippen molar-refractivity contribution in [1.82, 2.24) is 9.55 Å². The number of alkyl halides is 1. The van der Waals surface area contributed by atoms with Gasteiger partial charge in [0.15, 0.2) is 5.82 Å². The van der Waals surface area contributed by atoms with Gasteiger partial charge in [-0.15, -0.1) is 11.6 Å². The number of hydrogen-bond donors (Lipinski definition) is 0. The molecule has 0 bridgehead atoms. The molecule has 0 radical (unpaired) electrons. The minimum absolute atomic E-state index is 0.00590. The Bertz CT molecular complexity index is 428.